The summed E-state index contributed by atoms with van der Waals surface area (Å²) in [5.41, 5.74) is 0.829. The van der Waals surface area contributed by atoms with Crippen LogP contribution in [0.15, 0.2) is 36.7 Å². The Kier molecular flexibility index (Phi) is 5.75. The van der Waals surface area contributed by atoms with Crippen LogP contribution in [-0.2, 0) is 4.79 Å². The number of fused-ring (bicyclic) bond motifs is 1. The monoisotopic (exact) mass is 392 g/mol. The van der Waals surface area contributed by atoms with Crippen molar-refractivity contribution in [3.63, 3.8) is 0 Å². The normalized spacial score (nSPS) is 12.1. The van der Waals surface area contributed by atoms with Crippen molar-refractivity contribution in [1.29, 1.82) is 0 Å². The lowest BCUT2D eigenvalue weighted by molar-refractivity contribution is -0.140. The molecule has 1 unspecified atom stereocenters. The number of carboxylic acids is 1. The second-order valence-corrected chi connectivity index (χ2v) is 6.26. The first-order valence-corrected chi connectivity index (χ1v) is 8.71. The van der Waals surface area contributed by atoms with E-state index in [1.165, 1.54) is 0 Å². The van der Waals surface area contributed by atoms with Crippen molar-refractivity contribution in [3.05, 3.63) is 47.8 Å². The number of carbonyl (C=O) groups is 1. The fraction of sp³-hybridized carbons (Fsp3) is 0.278. The van der Waals surface area contributed by atoms with Gasteiger partial charge in [-0.15, -0.1) is 0 Å². The van der Waals surface area contributed by atoms with Crippen LogP contribution in [0.1, 0.15) is 19.4 Å². The lowest BCUT2D eigenvalue weighted by Gasteiger charge is -2.11. The third-order valence-electron chi connectivity index (χ3n) is 4.06. The van der Waals surface area contributed by atoms with Gasteiger partial charge in [0.25, 0.3) is 0 Å². The number of aromatic nitrogens is 3. The largest absolute Gasteiger partial charge is 0.494 e. The van der Waals surface area contributed by atoms with E-state index in [0.717, 1.165) is 17.1 Å². The Labute approximate surface area is 159 Å². The van der Waals surface area contributed by atoms with Crippen molar-refractivity contribution in [3.8, 4) is 5.75 Å². The fourth-order valence-electron chi connectivity index (χ4n) is 2.63. The Morgan fingerprint density at radius 3 is 3.04 bits per heavy atom. The maximum atomic E-state index is 13.5. The Morgan fingerprint density at radius 2 is 2.26 bits per heavy atom. The number of ether oxygens (including phenoxy) is 1. The minimum atomic E-state index is -0.887. The molecule has 2 heterocycles. The maximum Gasteiger partial charge on any atom is 0.326 e. The Balaban J connectivity index is 1.53. The predicted octanol–water partition coefficient (Wildman–Crippen LogP) is 3.75. The molecule has 3 rings (SSSR count). The number of aliphatic carboxylic acids is 1. The Morgan fingerprint density at radius 1 is 1.44 bits per heavy atom. The van der Waals surface area contributed by atoms with Crippen molar-refractivity contribution in [2.75, 3.05) is 18.5 Å². The van der Waals surface area contributed by atoms with E-state index >= 15 is 0 Å². The molecule has 1 aromatic carbocycles. The van der Waals surface area contributed by atoms with Crippen LogP contribution in [0.2, 0.25) is 5.28 Å². The van der Waals surface area contributed by atoms with Crippen molar-refractivity contribution in [1.82, 2.24) is 14.5 Å². The van der Waals surface area contributed by atoms with Crippen LogP contribution in [0.25, 0.3) is 10.9 Å². The molecule has 0 spiro atoms. The van der Waals surface area contributed by atoms with E-state index < -0.39 is 17.8 Å². The molecule has 0 amide bonds. The minimum absolute atomic E-state index is 0.0207. The van der Waals surface area contributed by atoms with Gasteiger partial charge in [0.1, 0.15) is 11.8 Å². The molecule has 3 aromatic rings. The van der Waals surface area contributed by atoms with Crippen LogP contribution in [0.3, 0.4) is 0 Å². The van der Waals surface area contributed by atoms with E-state index in [9.17, 15) is 9.18 Å². The van der Waals surface area contributed by atoms with Gasteiger partial charge < -0.3 is 19.7 Å². The van der Waals surface area contributed by atoms with E-state index in [2.05, 4.69) is 15.3 Å². The summed E-state index contributed by atoms with van der Waals surface area (Å²) in [6.07, 6.45) is 3.38. The molecule has 0 aliphatic carbocycles. The SMILES string of the molecule is CC(C(=O)O)n1ccc2cc(OCCCNc3nc(Cl)ncc3F)ccc21. The van der Waals surface area contributed by atoms with Gasteiger partial charge in [-0.2, -0.15) is 4.98 Å². The topological polar surface area (TPSA) is 89.3 Å². The van der Waals surface area contributed by atoms with Crippen LogP contribution in [0.5, 0.6) is 5.75 Å². The first kappa shape index (κ1) is 18.9. The Hall–Kier alpha value is -2.87. The molecule has 0 saturated carbocycles. The average Bonchev–Trinajstić information content (AvgIpc) is 3.06. The molecule has 7 nitrogen and oxygen atoms in total. The number of hydrogen-bond acceptors (Lipinski definition) is 5. The van der Waals surface area contributed by atoms with Crippen LogP contribution in [0, 0.1) is 5.82 Å². The third kappa shape index (κ3) is 4.46. The molecule has 0 radical (unpaired) electrons. The first-order chi connectivity index (χ1) is 13.0. The highest BCUT2D eigenvalue weighted by molar-refractivity contribution is 6.28. The van der Waals surface area contributed by atoms with Gasteiger partial charge in [0.2, 0.25) is 5.28 Å². The predicted molar refractivity (Wildman–Crippen MR) is 99.9 cm³/mol. The number of benzene rings is 1. The van der Waals surface area contributed by atoms with Gasteiger partial charge in [0.05, 0.1) is 12.8 Å². The maximum absolute atomic E-state index is 13.5. The zero-order valence-electron chi connectivity index (χ0n) is 14.5. The number of carboxylic acid groups (broad SMARTS) is 1. The van der Waals surface area contributed by atoms with E-state index in [1.807, 2.05) is 18.2 Å². The average molecular weight is 393 g/mol. The number of nitrogens with one attached hydrogen (secondary N) is 1. The zero-order chi connectivity index (χ0) is 19.4. The summed E-state index contributed by atoms with van der Waals surface area (Å²) in [6.45, 7) is 2.51. The van der Waals surface area contributed by atoms with E-state index in [0.29, 0.717) is 25.3 Å². The van der Waals surface area contributed by atoms with Crippen molar-refractivity contribution >= 4 is 34.3 Å². The summed E-state index contributed by atoms with van der Waals surface area (Å²) in [5, 5.41) is 12.9. The highest BCUT2D eigenvalue weighted by Crippen LogP contribution is 2.25. The van der Waals surface area contributed by atoms with Crippen LogP contribution < -0.4 is 10.1 Å². The van der Waals surface area contributed by atoms with Gasteiger partial charge in [0, 0.05) is 23.6 Å². The summed E-state index contributed by atoms with van der Waals surface area (Å²) >= 11 is 5.64. The molecule has 0 aliphatic heterocycles. The van der Waals surface area contributed by atoms with Gasteiger partial charge >= 0.3 is 5.97 Å². The number of rotatable bonds is 8. The quantitative estimate of drug-likeness (QED) is 0.448. The molecule has 2 aromatic heterocycles. The lowest BCUT2D eigenvalue weighted by Crippen LogP contribution is -2.14. The van der Waals surface area contributed by atoms with Gasteiger partial charge in [-0.25, -0.2) is 14.2 Å². The molecule has 9 heteroatoms. The van der Waals surface area contributed by atoms with E-state index in [-0.39, 0.29) is 11.1 Å². The van der Waals surface area contributed by atoms with Crippen LogP contribution >= 0.6 is 11.6 Å². The van der Waals surface area contributed by atoms with Crippen LogP contribution in [0.4, 0.5) is 10.2 Å². The van der Waals surface area contributed by atoms with Gasteiger partial charge in [-0.1, -0.05) is 0 Å². The Bertz CT molecular complexity index is 963. The molecule has 0 bridgehead atoms. The molecule has 142 valence electrons. The summed E-state index contributed by atoms with van der Waals surface area (Å²) in [5.74, 6) is -0.711. The van der Waals surface area contributed by atoms with E-state index in [4.69, 9.17) is 21.4 Å². The fourth-order valence-corrected chi connectivity index (χ4v) is 2.76. The second-order valence-electron chi connectivity index (χ2n) is 5.92. The first-order valence-electron chi connectivity index (χ1n) is 8.34. The number of nitrogens with zero attached hydrogens (tertiary/aromatic N) is 3. The minimum Gasteiger partial charge on any atom is -0.494 e. The third-order valence-corrected chi connectivity index (χ3v) is 4.25. The molecule has 27 heavy (non-hydrogen) atoms. The van der Waals surface area contributed by atoms with Gasteiger partial charge in [-0.3, -0.25) is 0 Å². The van der Waals surface area contributed by atoms with Crippen molar-refractivity contribution in [2.24, 2.45) is 0 Å². The molecule has 2 N–H and O–H groups in total. The van der Waals surface area contributed by atoms with Crippen LogP contribution in [-0.4, -0.2) is 38.8 Å². The summed E-state index contributed by atoms with van der Waals surface area (Å²) in [7, 11) is 0. The molecular weight excluding hydrogens is 375 g/mol. The summed E-state index contributed by atoms with van der Waals surface area (Å²) < 4.78 is 20.9. The number of hydrogen-bond donors (Lipinski definition) is 2. The summed E-state index contributed by atoms with van der Waals surface area (Å²) in [6, 6.07) is 6.70. The molecular formula is C18H18ClFN4O3. The smallest absolute Gasteiger partial charge is 0.326 e. The van der Waals surface area contributed by atoms with Crippen molar-refractivity contribution < 1.29 is 19.0 Å². The molecule has 0 aliphatic rings. The highest BCUT2D eigenvalue weighted by atomic mass is 35.5. The van der Waals surface area contributed by atoms with Crippen molar-refractivity contribution in [2.45, 2.75) is 19.4 Å². The van der Waals surface area contributed by atoms with Gasteiger partial charge in [0.15, 0.2) is 11.6 Å². The number of anilines is 1. The second kappa shape index (κ2) is 8.22. The lowest BCUT2D eigenvalue weighted by atomic mass is 10.2. The number of halogens is 2. The molecule has 1 atom stereocenters. The summed E-state index contributed by atoms with van der Waals surface area (Å²) in [4.78, 5) is 18.5. The zero-order valence-corrected chi connectivity index (χ0v) is 15.3. The molecule has 0 fully saturated rings. The van der Waals surface area contributed by atoms with E-state index in [1.54, 1.807) is 23.8 Å². The highest BCUT2D eigenvalue weighted by Gasteiger charge is 2.15. The molecule has 0 saturated heterocycles. The van der Waals surface area contributed by atoms with Gasteiger partial charge in [-0.05, 0) is 49.2 Å². The standard InChI is InChI=1S/C18H18ClFN4O3/c1-11(17(25)26)24-7-5-12-9-13(3-4-15(12)24)27-8-2-6-21-16-14(20)10-22-18(19)23-16/h3-5,7,9-11H,2,6,8H2,1H3,(H,25,26)(H,21,22,23).